The second-order valence-corrected chi connectivity index (χ2v) is 4.53. The SMILES string of the molecule is CC(=O)N1CC[C@@H](N(CCN)C(C)C)C1. The molecule has 15 heavy (non-hydrogen) atoms. The van der Waals surface area contributed by atoms with Crippen LogP contribution in [0.3, 0.4) is 0 Å². The minimum Gasteiger partial charge on any atom is -0.341 e. The monoisotopic (exact) mass is 213 g/mol. The quantitative estimate of drug-likeness (QED) is 0.729. The minimum atomic E-state index is 0.189. The van der Waals surface area contributed by atoms with Crippen molar-refractivity contribution in [1.29, 1.82) is 0 Å². The number of carbonyl (C=O) groups is 1. The van der Waals surface area contributed by atoms with Crippen LogP contribution in [-0.4, -0.2) is 54.0 Å². The Balaban J connectivity index is 2.52. The van der Waals surface area contributed by atoms with Gasteiger partial charge in [-0.1, -0.05) is 0 Å². The summed E-state index contributed by atoms with van der Waals surface area (Å²) in [4.78, 5) is 15.6. The molecule has 0 spiro atoms. The first kappa shape index (κ1) is 12.5. The standard InChI is InChI=1S/C11H23N3O/c1-9(2)14(7-5-12)11-4-6-13(8-11)10(3)15/h9,11H,4-8,12H2,1-3H3/t11-/m1/s1. The Bertz CT molecular complexity index is 218. The van der Waals surface area contributed by atoms with Gasteiger partial charge in [-0.15, -0.1) is 0 Å². The topological polar surface area (TPSA) is 49.6 Å². The molecule has 0 aliphatic carbocycles. The molecule has 1 rings (SSSR count). The fraction of sp³-hybridized carbons (Fsp3) is 0.909. The molecule has 1 aliphatic rings. The lowest BCUT2D eigenvalue weighted by atomic mass is 10.1. The van der Waals surface area contributed by atoms with E-state index in [0.717, 1.165) is 26.1 Å². The Kier molecular flexibility index (Phi) is 4.54. The van der Waals surface area contributed by atoms with E-state index in [4.69, 9.17) is 5.73 Å². The van der Waals surface area contributed by atoms with Crippen molar-refractivity contribution < 1.29 is 4.79 Å². The van der Waals surface area contributed by atoms with E-state index >= 15 is 0 Å². The van der Waals surface area contributed by atoms with Crippen molar-refractivity contribution in [3.05, 3.63) is 0 Å². The fourth-order valence-corrected chi connectivity index (χ4v) is 2.31. The summed E-state index contributed by atoms with van der Waals surface area (Å²) in [5.41, 5.74) is 5.61. The minimum absolute atomic E-state index is 0.189. The maximum atomic E-state index is 11.2. The highest BCUT2D eigenvalue weighted by Gasteiger charge is 2.29. The summed E-state index contributed by atoms with van der Waals surface area (Å²) in [6, 6.07) is 1.00. The average Bonchev–Trinajstić information content (AvgIpc) is 2.62. The van der Waals surface area contributed by atoms with Crippen molar-refractivity contribution in [3.63, 3.8) is 0 Å². The van der Waals surface area contributed by atoms with Crippen LogP contribution in [0.5, 0.6) is 0 Å². The number of hydrogen-bond acceptors (Lipinski definition) is 3. The second kappa shape index (κ2) is 5.47. The van der Waals surface area contributed by atoms with Crippen LogP contribution in [0.1, 0.15) is 27.2 Å². The van der Waals surface area contributed by atoms with E-state index in [9.17, 15) is 4.79 Å². The first-order valence-electron chi connectivity index (χ1n) is 5.77. The van der Waals surface area contributed by atoms with Gasteiger partial charge in [0.05, 0.1) is 0 Å². The maximum absolute atomic E-state index is 11.2. The van der Waals surface area contributed by atoms with Gasteiger partial charge >= 0.3 is 0 Å². The van der Waals surface area contributed by atoms with Gasteiger partial charge in [0.15, 0.2) is 0 Å². The molecule has 4 heteroatoms. The number of nitrogens with two attached hydrogens (primary N) is 1. The Morgan fingerprint density at radius 1 is 1.60 bits per heavy atom. The molecule has 0 aromatic heterocycles. The van der Waals surface area contributed by atoms with Crippen LogP contribution in [0.25, 0.3) is 0 Å². The molecule has 1 heterocycles. The van der Waals surface area contributed by atoms with E-state index in [1.165, 1.54) is 0 Å². The lowest BCUT2D eigenvalue weighted by Gasteiger charge is -2.32. The van der Waals surface area contributed by atoms with Gasteiger partial charge in [0.25, 0.3) is 0 Å². The molecule has 0 aromatic carbocycles. The zero-order valence-electron chi connectivity index (χ0n) is 10.1. The fourth-order valence-electron chi connectivity index (χ4n) is 2.31. The number of hydrogen-bond donors (Lipinski definition) is 1. The van der Waals surface area contributed by atoms with Crippen LogP contribution in [0.2, 0.25) is 0 Å². The summed E-state index contributed by atoms with van der Waals surface area (Å²) >= 11 is 0. The highest BCUT2D eigenvalue weighted by molar-refractivity contribution is 5.73. The first-order chi connectivity index (χ1) is 7.06. The van der Waals surface area contributed by atoms with Gasteiger partial charge in [-0.25, -0.2) is 0 Å². The molecule has 1 atom stereocenters. The lowest BCUT2D eigenvalue weighted by molar-refractivity contribution is -0.128. The largest absolute Gasteiger partial charge is 0.341 e. The predicted octanol–water partition coefficient (Wildman–Crippen LogP) is 0.276. The number of amides is 1. The predicted molar refractivity (Wildman–Crippen MR) is 61.6 cm³/mol. The van der Waals surface area contributed by atoms with Crippen LogP contribution in [0, 0.1) is 0 Å². The van der Waals surface area contributed by atoms with Crippen LogP contribution in [0.15, 0.2) is 0 Å². The van der Waals surface area contributed by atoms with Gasteiger partial charge in [0.2, 0.25) is 5.91 Å². The molecule has 2 N–H and O–H groups in total. The molecule has 88 valence electrons. The van der Waals surface area contributed by atoms with Crippen molar-refractivity contribution >= 4 is 5.91 Å². The number of nitrogens with zero attached hydrogens (tertiary/aromatic N) is 2. The van der Waals surface area contributed by atoms with Crippen molar-refractivity contribution in [2.45, 2.75) is 39.3 Å². The molecule has 0 radical (unpaired) electrons. The van der Waals surface area contributed by atoms with E-state index in [0.29, 0.717) is 18.6 Å². The molecule has 0 bridgehead atoms. The van der Waals surface area contributed by atoms with Crippen LogP contribution >= 0.6 is 0 Å². The molecular formula is C11H23N3O. The molecule has 0 aromatic rings. The second-order valence-electron chi connectivity index (χ2n) is 4.53. The van der Waals surface area contributed by atoms with Gasteiger partial charge in [0.1, 0.15) is 0 Å². The third-order valence-corrected chi connectivity index (χ3v) is 3.13. The summed E-state index contributed by atoms with van der Waals surface area (Å²) in [5.74, 6) is 0.189. The van der Waals surface area contributed by atoms with Gasteiger partial charge in [-0.2, -0.15) is 0 Å². The summed E-state index contributed by atoms with van der Waals surface area (Å²) in [6.07, 6.45) is 1.08. The summed E-state index contributed by atoms with van der Waals surface area (Å²) in [7, 11) is 0. The summed E-state index contributed by atoms with van der Waals surface area (Å²) < 4.78 is 0. The normalized spacial score (nSPS) is 21.7. The van der Waals surface area contributed by atoms with Crippen molar-refractivity contribution in [2.24, 2.45) is 5.73 Å². The summed E-state index contributed by atoms with van der Waals surface area (Å²) in [6.45, 7) is 9.40. The van der Waals surface area contributed by atoms with E-state index < -0.39 is 0 Å². The van der Waals surface area contributed by atoms with Crippen LogP contribution < -0.4 is 5.73 Å². The number of rotatable bonds is 4. The van der Waals surface area contributed by atoms with E-state index in [1.807, 2.05) is 4.90 Å². The van der Waals surface area contributed by atoms with Crippen molar-refractivity contribution in [3.8, 4) is 0 Å². The first-order valence-corrected chi connectivity index (χ1v) is 5.77. The zero-order valence-corrected chi connectivity index (χ0v) is 10.1. The molecular weight excluding hydrogens is 190 g/mol. The number of carbonyl (C=O) groups excluding carboxylic acids is 1. The molecule has 1 aliphatic heterocycles. The van der Waals surface area contributed by atoms with Crippen molar-refractivity contribution in [2.75, 3.05) is 26.2 Å². The molecule has 4 nitrogen and oxygen atoms in total. The Labute approximate surface area is 92.4 Å². The van der Waals surface area contributed by atoms with Gasteiger partial charge < -0.3 is 10.6 Å². The Hall–Kier alpha value is -0.610. The zero-order chi connectivity index (χ0) is 11.4. The molecule has 0 unspecified atom stereocenters. The molecule has 1 amide bonds. The van der Waals surface area contributed by atoms with Crippen LogP contribution in [0.4, 0.5) is 0 Å². The highest BCUT2D eigenvalue weighted by Crippen LogP contribution is 2.17. The van der Waals surface area contributed by atoms with Crippen LogP contribution in [-0.2, 0) is 4.79 Å². The van der Waals surface area contributed by atoms with E-state index in [2.05, 4.69) is 18.7 Å². The number of likely N-dealkylation sites (tertiary alicyclic amines) is 1. The molecule has 1 fully saturated rings. The van der Waals surface area contributed by atoms with Gasteiger partial charge in [-0.3, -0.25) is 9.69 Å². The van der Waals surface area contributed by atoms with Gasteiger partial charge in [-0.05, 0) is 20.3 Å². The van der Waals surface area contributed by atoms with E-state index in [-0.39, 0.29) is 5.91 Å². The summed E-state index contributed by atoms with van der Waals surface area (Å²) in [5, 5.41) is 0. The molecule has 1 saturated heterocycles. The Morgan fingerprint density at radius 3 is 2.67 bits per heavy atom. The third-order valence-electron chi connectivity index (χ3n) is 3.13. The van der Waals surface area contributed by atoms with Gasteiger partial charge in [0, 0.05) is 45.2 Å². The Morgan fingerprint density at radius 2 is 2.27 bits per heavy atom. The smallest absolute Gasteiger partial charge is 0.219 e. The highest BCUT2D eigenvalue weighted by atomic mass is 16.2. The van der Waals surface area contributed by atoms with Crippen molar-refractivity contribution in [1.82, 2.24) is 9.80 Å². The lowest BCUT2D eigenvalue weighted by Crippen LogP contribution is -2.45. The molecule has 0 saturated carbocycles. The third kappa shape index (κ3) is 3.18. The van der Waals surface area contributed by atoms with E-state index in [1.54, 1.807) is 6.92 Å². The maximum Gasteiger partial charge on any atom is 0.219 e. The average molecular weight is 213 g/mol.